The molecular weight excluding hydrogens is 1200 g/mol. The lowest BCUT2D eigenvalue weighted by Gasteiger charge is -2.25. The number of hydrogen-bond donors (Lipinski definition) is 0. The van der Waals surface area contributed by atoms with Crippen molar-refractivity contribution in [2.75, 3.05) is 0 Å². The fraction of sp³-hybridized carbons (Fsp3) is 0.0426. The molecule has 0 saturated heterocycles. The molecule has 17 aromatic rings. The van der Waals surface area contributed by atoms with E-state index in [-0.39, 0.29) is 5.41 Å². The van der Waals surface area contributed by atoms with Crippen LogP contribution in [0.25, 0.3) is 172 Å². The van der Waals surface area contributed by atoms with Crippen LogP contribution in [-0.4, -0.2) is 14.1 Å². The van der Waals surface area contributed by atoms with Crippen molar-refractivity contribution in [2.45, 2.75) is 26.2 Å². The first kappa shape index (κ1) is 57.7. The third-order valence-electron chi connectivity index (χ3n) is 20.4. The zero-order chi connectivity index (χ0) is 65.9. The summed E-state index contributed by atoms with van der Waals surface area (Å²) in [6.07, 6.45) is 6.03. The van der Waals surface area contributed by atoms with Crippen molar-refractivity contribution in [1.82, 2.24) is 14.1 Å². The molecule has 0 saturated carbocycles. The molecule has 19 rings (SSSR count). The van der Waals surface area contributed by atoms with E-state index in [0.717, 1.165) is 89.2 Å². The fourth-order valence-corrected chi connectivity index (χ4v) is 15.7. The molecule has 0 radical (unpaired) electrons. The number of hydrogen-bond acceptors (Lipinski definition) is 2. The average Bonchev–Trinajstić information content (AvgIpc) is 1.64. The molecule has 0 atom stereocenters. The van der Waals surface area contributed by atoms with Crippen molar-refractivity contribution in [1.29, 1.82) is 0 Å². The minimum absolute atomic E-state index is 0.0560. The maximum Gasteiger partial charge on any atom is 0.269 e. The van der Waals surface area contributed by atoms with Crippen LogP contribution >= 0.6 is 0 Å². The molecule has 2 aliphatic carbocycles. The molecule has 99 heavy (non-hydrogen) atoms. The molecule has 14 aromatic carbocycles. The largest absolute Gasteiger partial charge is 0.458 e. The van der Waals surface area contributed by atoms with E-state index in [1.54, 1.807) is 0 Å². The van der Waals surface area contributed by atoms with E-state index in [0.29, 0.717) is 5.75 Å². The van der Waals surface area contributed by atoms with E-state index in [4.69, 9.17) is 9.72 Å². The lowest BCUT2D eigenvalue weighted by molar-refractivity contribution is -0.571. The zero-order valence-corrected chi connectivity index (χ0v) is 55.0. The highest BCUT2D eigenvalue weighted by Gasteiger charge is 2.28. The summed E-state index contributed by atoms with van der Waals surface area (Å²) >= 11 is 0. The number of nitrogens with zero attached hydrogens (tertiary/aromatic N) is 4. The third-order valence-corrected chi connectivity index (χ3v) is 20.4. The molecular formula is C94H64N4O. The number of para-hydroxylation sites is 2. The van der Waals surface area contributed by atoms with Crippen molar-refractivity contribution in [3.63, 3.8) is 0 Å². The SMILES string of the molecule is CC(C)(C)c1ccnc(-n2c3ccccc3c3ccc(Oc4cccc(-n5[c-][n+](-c6c(-c7ccc8c(c7)-c7ccccc7-c7ccccc7-c7ccccc7-8)cccc6-c6ccc7c(c6)-c6ccccc6-c6ccccc6-c6ccccc6-7)c6ccc(-c7ccccc7)cc65)c4)cc32)c1. The van der Waals surface area contributed by atoms with Crippen molar-refractivity contribution in [3.05, 3.63) is 346 Å². The normalized spacial score (nSPS) is 12.0. The maximum atomic E-state index is 7.05. The van der Waals surface area contributed by atoms with Gasteiger partial charge in [0, 0.05) is 23.0 Å². The topological polar surface area (TPSA) is 35.9 Å². The Morgan fingerprint density at radius 2 is 0.758 bits per heavy atom. The predicted octanol–water partition coefficient (Wildman–Crippen LogP) is 24.3. The molecule has 3 heterocycles. The van der Waals surface area contributed by atoms with Gasteiger partial charge in [-0.15, -0.1) is 0 Å². The molecule has 3 aromatic heterocycles. The predicted molar refractivity (Wildman–Crippen MR) is 408 cm³/mol. The lowest BCUT2D eigenvalue weighted by Crippen LogP contribution is -2.31. The van der Waals surface area contributed by atoms with Gasteiger partial charge in [0.2, 0.25) is 0 Å². The van der Waals surface area contributed by atoms with E-state index < -0.39 is 0 Å². The Morgan fingerprint density at radius 1 is 0.313 bits per heavy atom. The summed E-state index contributed by atoms with van der Waals surface area (Å²) in [5.41, 5.74) is 32.9. The summed E-state index contributed by atoms with van der Waals surface area (Å²) in [5.74, 6) is 2.28. The Balaban J connectivity index is 0.832. The first-order valence-corrected chi connectivity index (χ1v) is 34.1. The monoisotopic (exact) mass is 1260 g/mol. The Morgan fingerprint density at radius 3 is 1.29 bits per heavy atom. The van der Waals surface area contributed by atoms with E-state index in [9.17, 15) is 0 Å². The van der Waals surface area contributed by atoms with Gasteiger partial charge in [0.1, 0.15) is 17.3 Å². The number of benzene rings is 14. The summed E-state index contributed by atoms with van der Waals surface area (Å²) in [6, 6.07) is 120. The molecule has 2 aliphatic rings. The van der Waals surface area contributed by atoms with Crippen LogP contribution in [0, 0.1) is 6.33 Å². The standard InChI is InChI=1S/C94H64N4O/c1-94(2,3)64-51-52-95-92(56-64)98-88-42-20-19-39-84(88)85-49-46-67(58-90(85)98)99-66-26-21-25-65(57-66)96-59-97(89-50-45-61(55-91(89)96)60-23-5-4-6-24-60)93-68(62-43-47-82-78-35-13-11-31-74(78)70-27-7-9-29-72(70)76-33-15-17-37-80(76)86(82)53-62)40-22-41-69(93)63-44-48-83-79-36-14-12-32-75(79)71-28-8-10-30-73(71)77-34-16-18-38-81(77)87(83)54-63/h4-58H,1-3H3. The van der Waals surface area contributed by atoms with Gasteiger partial charge in [-0.25, -0.2) is 4.98 Å². The minimum Gasteiger partial charge on any atom is -0.458 e. The fourth-order valence-electron chi connectivity index (χ4n) is 15.7. The second kappa shape index (κ2) is 23.0. The Hall–Kier alpha value is -12.7. The highest BCUT2D eigenvalue weighted by atomic mass is 16.5. The third kappa shape index (κ3) is 9.60. The van der Waals surface area contributed by atoms with E-state index >= 15 is 0 Å². The molecule has 0 bridgehead atoms. The van der Waals surface area contributed by atoms with E-state index in [2.05, 4.69) is 362 Å². The van der Waals surface area contributed by atoms with Crippen LogP contribution in [0.5, 0.6) is 11.5 Å². The zero-order valence-electron chi connectivity index (χ0n) is 55.0. The summed E-state index contributed by atoms with van der Waals surface area (Å²) in [5, 5.41) is 2.29. The second-order valence-electron chi connectivity index (χ2n) is 27.1. The molecule has 0 amide bonds. The van der Waals surface area contributed by atoms with Crippen molar-refractivity contribution in [3.8, 4) is 151 Å². The van der Waals surface area contributed by atoms with Crippen LogP contribution in [0.2, 0.25) is 0 Å². The smallest absolute Gasteiger partial charge is 0.269 e. The highest BCUT2D eigenvalue weighted by molar-refractivity contribution is 6.10. The first-order chi connectivity index (χ1) is 48.7. The number of rotatable bonds is 8. The number of pyridine rings is 1. The van der Waals surface area contributed by atoms with Crippen molar-refractivity contribution >= 4 is 32.8 Å². The van der Waals surface area contributed by atoms with Crippen molar-refractivity contribution in [2.24, 2.45) is 0 Å². The van der Waals surface area contributed by atoms with Gasteiger partial charge in [-0.05, 0) is 200 Å². The summed E-state index contributed by atoms with van der Waals surface area (Å²) in [7, 11) is 0. The molecule has 0 unspecified atom stereocenters. The van der Waals surface area contributed by atoms with Gasteiger partial charge < -0.3 is 4.74 Å². The quantitative estimate of drug-likeness (QED) is 0.112. The number of fused-ring (bicyclic) bond motifs is 20. The number of ether oxygens (including phenoxy) is 1. The molecule has 0 spiro atoms. The van der Waals surface area contributed by atoms with Crippen LogP contribution in [0.3, 0.4) is 0 Å². The van der Waals surface area contributed by atoms with Gasteiger partial charge in [-0.2, -0.15) is 0 Å². The van der Waals surface area contributed by atoms with Crippen LogP contribution < -0.4 is 9.30 Å². The van der Waals surface area contributed by atoms with E-state index in [1.807, 2.05) is 12.3 Å². The van der Waals surface area contributed by atoms with Crippen LogP contribution in [0.1, 0.15) is 26.3 Å². The molecule has 5 nitrogen and oxygen atoms in total. The van der Waals surface area contributed by atoms with Crippen LogP contribution in [0.4, 0.5) is 0 Å². The summed E-state index contributed by atoms with van der Waals surface area (Å²) in [6.45, 7) is 6.74. The van der Waals surface area contributed by atoms with Gasteiger partial charge in [-0.3, -0.25) is 13.7 Å². The van der Waals surface area contributed by atoms with Gasteiger partial charge >= 0.3 is 0 Å². The van der Waals surface area contributed by atoms with Gasteiger partial charge in [-0.1, -0.05) is 276 Å². The molecule has 0 N–H and O–H groups in total. The maximum absolute atomic E-state index is 7.05. The molecule has 0 fully saturated rings. The second-order valence-corrected chi connectivity index (χ2v) is 27.1. The van der Waals surface area contributed by atoms with Gasteiger partial charge in [0.05, 0.1) is 33.4 Å². The van der Waals surface area contributed by atoms with E-state index in [1.165, 1.54) is 94.6 Å². The van der Waals surface area contributed by atoms with Crippen molar-refractivity contribution < 1.29 is 9.30 Å². The molecule has 5 heteroatoms. The summed E-state index contributed by atoms with van der Waals surface area (Å²) < 4.78 is 13.9. The molecule has 0 aliphatic heterocycles. The number of imidazole rings is 1. The Kier molecular flexibility index (Phi) is 13.4. The first-order valence-electron chi connectivity index (χ1n) is 34.1. The van der Waals surface area contributed by atoms with Crippen LogP contribution in [-0.2, 0) is 5.41 Å². The Bertz CT molecular complexity index is 5920. The minimum atomic E-state index is -0.0560. The van der Waals surface area contributed by atoms with Crippen LogP contribution in [0.15, 0.2) is 334 Å². The molecule has 466 valence electrons. The summed E-state index contributed by atoms with van der Waals surface area (Å²) in [4.78, 5) is 4.98. The Labute approximate surface area is 575 Å². The average molecular weight is 1270 g/mol. The lowest BCUT2D eigenvalue weighted by atomic mass is 9.79. The van der Waals surface area contributed by atoms with Gasteiger partial charge in [0.15, 0.2) is 0 Å². The highest BCUT2D eigenvalue weighted by Crippen LogP contribution is 2.52. The van der Waals surface area contributed by atoms with Gasteiger partial charge in [0.25, 0.3) is 6.33 Å². The number of aromatic nitrogens is 4.